The maximum atomic E-state index is 6.33. The van der Waals surface area contributed by atoms with Crippen LogP contribution in [0.2, 0.25) is 5.02 Å². The monoisotopic (exact) mass is 387 g/mol. The van der Waals surface area contributed by atoms with Crippen LogP contribution in [0.1, 0.15) is 22.1 Å². The molecule has 0 radical (unpaired) electrons. The van der Waals surface area contributed by atoms with Crippen LogP contribution >= 0.6 is 23.4 Å². The molecule has 3 aromatic carbocycles. The largest absolute Gasteiger partial charge is 0.252 e. The van der Waals surface area contributed by atoms with Crippen molar-refractivity contribution in [2.24, 2.45) is 0 Å². The number of fused-ring (bicyclic) bond motifs is 2. The molecule has 0 fully saturated rings. The molecule has 27 heavy (non-hydrogen) atoms. The molecular formula is C24H18ClNS. The number of hydrogen-bond acceptors (Lipinski definition) is 2. The van der Waals surface area contributed by atoms with Gasteiger partial charge in [0.05, 0.1) is 11.2 Å². The van der Waals surface area contributed by atoms with Crippen LogP contribution in [0.15, 0.2) is 77.7 Å². The van der Waals surface area contributed by atoms with Gasteiger partial charge in [0, 0.05) is 32.5 Å². The van der Waals surface area contributed by atoms with Crippen molar-refractivity contribution in [1.82, 2.24) is 4.98 Å². The van der Waals surface area contributed by atoms with Gasteiger partial charge in [0.25, 0.3) is 0 Å². The van der Waals surface area contributed by atoms with E-state index >= 15 is 0 Å². The number of nitrogens with zero attached hydrogens (tertiary/aromatic N) is 1. The minimum absolute atomic E-state index is 0.405. The molecule has 0 saturated heterocycles. The summed E-state index contributed by atoms with van der Waals surface area (Å²) in [5.74, 6) is 0. The Morgan fingerprint density at radius 3 is 2.52 bits per heavy atom. The van der Waals surface area contributed by atoms with Gasteiger partial charge in [0.2, 0.25) is 0 Å². The first-order valence-corrected chi connectivity index (χ1v) is 10.4. The van der Waals surface area contributed by atoms with Crippen molar-refractivity contribution in [3.63, 3.8) is 0 Å². The predicted octanol–water partition coefficient (Wildman–Crippen LogP) is 7.25. The Hall–Kier alpha value is -2.29. The number of halogens is 1. The number of hydrogen-bond donors (Lipinski definition) is 0. The fraction of sp³-hybridized carbons (Fsp3) is 0.125. The van der Waals surface area contributed by atoms with Gasteiger partial charge in [0.1, 0.15) is 0 Å². The topological polar surface area (TPSA) is 12.9 Å². The van der Waals surface area contributed by atoms with E-state index in [2.05, 4.69) is 61.5 Å². The van der Waals surface area contributed by atoms with Gasteiger partial charge in [-0.1, -0.05) is 71.8 Å². The molecule has 0 saturated carbocycles. The van der Waals surface area contributed by atoms with Gasteiger partial charge < -0.3 is 0 Å². The van der Waals surface area contributed by atoms with E-state index in [1.807, 2.05) is 30.0 Å². The van der Waals surface area contributed by atoms with Crippen molar-refractivity contribution < 1.29 is 0 Å². The highest BCUT2D eigenvalue weighted by Gasteiger charge is 2.29. The van der Waals surface area contributed by atoms with Gasteiger partial charge in [-0.2, -0.15) is 0 Å². The summed E-state index contributed by atoms with van der Waals surface area (Å²) < 4.78 is 0. The molecule has 1 aliphatic heterocycles. The second kappa shape index (κ2) is 6.70. The van der Waals surface area contributed by atoms with Gasteiger partial charge in [-0.25, -0.2) is 0 Å². The van der Waals surface area contributed by atoms with Crippen molar-refractivity contribution in [1.29, 1.82) is 0 Å². The average Bonchev–Trinajstić information content (AvgIpc) is 3.11. The first kappa shape index (κ1) is 16.9. The van der Waals surface area contributed by atoms with Crippen LogP contribution in [0.5, 0.6) is 0 Å². The Balaban J connectivity index is 1.70. The van der Waals surface area contributed by atoms with Crippen LogP contribution in [0.25, 0.3) is 22.0 Å². The van der Waals surface area contributed by atoms with Gasteiger partial charge in [-0.05, 0) is 36.2 Å². The Morgan fingerprint density at radius 1 is 0.963 bits per heavy atom. The van der Waals surface area contributed by atoms with E-state index in [9.17, 15) is 0 Å². The van der Waals surface area contributed by atoms with Crippen LogP contribution < -0.4 is 0 Å². The van der Waals surface area contributed by atoms with Gasteiger partial charge >= 0.3 is 0 Å². The van der Waals surface area contributed by atoms with Crippen molar-refractivity contribution >= 4 is 34.3 Å². The molecule has 1 unspecified atom stereocenters. The summed E-state index contributed by atoms with van der Waals surface area (Å²) in [5, 5.41) is 2.28. The van der Waals surface area contributed by atoms with Crippen molar-refractivity contribution in [2.45, 2.75) is 23.5 Å². The molecule has 2 heterocycles. The lowest BCUT2D eigenvalue weighted by atomic mass is 9.98. The highest BCUT2D eigenvalue weighted by molar-refractivity contribution is 8.00. The lowest BCUT2D eigenvalue weighted by Gasteiger charge is -2.13. The van der Waals surface area contributed by atoms with E-state index in [1.54, 1.807) is 0 Å². The summed E-state index contributed by atoms with van der Waals surface area (Å²) in [6.07, 6.45) is 0.960. The highest BCUT2D eigenvalue weighted by Crippen LogP contribution is 2.51. The molecule has 0 spiro atoms. The Labute approximate surface area is 168 Å². The fourth-order valence-corrected chi connectivity index (χ4v) is 5.35. The molecule has 1 aliphatic rings. The molecule has 0 aliphatic carbocycles. The van der Waals surface area contributed by atoms with E-state index in [0.29, 0.717) is 5.25 Å². The maximum Gasteiger partial charge on any atom is 0.0713 e. The Morgan fingerprint density at radius 2 is 1.74 bits per heavy atom. The normalized spacial score (nSPS) is 15.9. The lowest BCUT2D eigenvalue weighted by molar-refractivity contribution is 0.911. The number of benzene rings is 3. The van der Waals surface area contributed by atoms with E-state index in [0.717, 1.165) is 22.3 Å². The molecule has 0 N–H and O–H groups in total. The summed E-state index contributed by atoms with van der Waals surface area (Å²) in [6.45, 7) is 2.13. The summed E-state index contributed by atoms with van der Waals surface area (Å²) in [4.78, 5) is 6.29. The predicted molar refractivity (Wildman–Crippen MR) is 116 cm³/mol. The van der Waals surface area contributed by atoms with E-state index in [-0.39, 0.29) is 0 Å². The van der Waals surface area contributed by atoms with Crippen LogP contribution in [0.4, 0.5) is 0 Å². The van der Waals surface area contributed by atoms with Gasteiger partial charge in [-0.3, -0.25) is 4.98 Å². The van der Waals surface area contributed by atoms with Crippen molar-refractivity contribution in [2.75, 3.05) is 0 Å². The summed E-state index contributed by atoms with van der Waals surface area (Å²) in [7, 11) is 0. The quantitative estimate of drug-likeness (QED) is 0.359. The van der Waals surface area contributed by atoms with E-state index in [1.165, 1.54) is 32.8 Å². The van der Waals surface area contributed by atoms with Gasteiger partial charge in [0.15, 0.2) is 0 Å². The molecule has 1 nitrogen and oxygen atoms in total. The lowest BCUT2D eigenvalue weighted by Crippen LogP contribution is -1.95. The number of aryl methyl sites for hydroxylation is 1. The number of pyridine rings is 1. The number of aromatic nitrogens is 1. The second-order valence-electron chi connectivity index (χ2n) is 7.01. The SMILES string of the molecule is Cc1ccc(C2Cc3nc4ccc(Cl)cc4c(-c4ccccc4)c3S2)cc1. The average molecular weight is 388 g/mol. The van der Waals surface area contributed by atoms with Crippen LogP contribution in [0, 0.1) is 6.92 Å². The van der Waals surface area contributed by atoms with Crippen LogP contribution in [-0.4, -0.2) is 4.98 Å². The van der Waals surface area contributed by atoms with Crippen LogP contribution in [0.3, 0.4) is 0 Å². The Kier molecular flexibility index (Phi) is 4.18. The second-order valence-corrected chi connectivity index (χ2v) is 8.66. The molecule has 0 amide bonds. The van der Waals surface area contributed by atoms with E-state index < -0.39 is 0 Å². The van der Waals surface area contributed by atoms with Crippen LogP contribution in [-0.2, 0) is 6.42 Å². The summed E-state index contributed by atoms with van der Waals surface area (Å²) in [6, 6.07) is 25.5. The zero-order chi connectivity index (χ0) is 18.4. The zero-order valence-corrected chi connectivity index (χ0v) is 16.5. The third-order valence-corrected chi connectivity index (χ3v) is 6.76. The Bertz CT molecular complexity index is 1140. The molecule has 4 aromatic rings. The molecular weight excluding hydrogens is 370 g/mol. The molecule has 0 bridgehead atoms. The molecule has 3 heteroatoms. The third kappa shape index (κ3) is 3.03. The summed E-state index contributed by atoms with van der Waals surface area (Å²) in [5.41, 5.74) is 7.35. The first-order chi connectivity index (χ1) is 13.2. The van der Waals surface area contributed by atoms with Crippen molar-refractivity contribution in [3.05, 3.63) is 94.6 Å². The number of rotatable bonds is 2. The minimum atomic E-state index is 0.405. The summed E-state index contributed by atoms with van der Waals surface area (Å²) >= 11 is 8.27. The molecule has 1 atom stereocenters. The zero-order valence-electron chi connectivity index (χ0n) is 14.9. The molecule has 132 valence electrons. The van der Waals surface area contributed by atoms with Gasteiger partial charge in [-0.15, -0.1) is 11.8 Å². The standard InChI is InChI=1S/C24H18ClNS/c1-15-7-9-16(10-8-15)22-14-21-24(27-22)23(17-5-3-2-4-6-17)19-13-18(25)11-12-20(19)26-21/h2-13,22H,14H2,1H3. The fourth-order valence-electron chi connectivity index (χ4n) is 3.75. The smallest absolute Gasteiger partial charge is 0.0713 e. The third-order valence-electron chi connectivity index (χ3n) is 5.12. The van der Waals surface area contributed by atoms with E-state index in [4.69, 9.17) is 16.6 Å². The van der Waals surface area contributed by atoms with Crippen molar-refractivity contribution in [3.8, 4) is 11.1 Å². The molecule has 1 aromatic heterocycles. The number of thioether (sulfide) groups is 1. The molecule has 5 rings (SSSR count). The maximum absolute atomic E-state index is 6.33. The highest BCUT2D eigenvalue weighted by atomic mass is 35.5. The first-order valence-electron chi connectivity index (χ1n) is 9.10. The minimum Gasteiger partial charge on any atom is -0.252 e.